The summed E-state index contributed by atoms with van der Waals surface area (Å²) in [5.74, 6) is 0.186. The minimum absolute atomic E-state index is 0.0664. The third-order valence-corrected chi connectivity index (χ3v) is 4.89. The van der Waals surface area contributed by atoms with E-state index in [2.05, 4.69) is 10.2 Å². The maximum atomic E-state index is 12.7. The molecule has 0 fully saturated rings. The average molecular weight is 305 g/mol. The molecule has 0 aliphatic heterocycles. The SMILES string of the molecule is COCCN(CC(C)C)S(=O)(=O)c1c(CO)n[nH]c1C. The molecule has 8 heteroatoms. The molecule has 1 aromatic heterocycles. The van der Waals surface area contributed by atoms with E-state index in [1.165, 1.54) is 11.4 Å². The van der Waals surface area contributed by atoms with E-state index >= 15 is 0 Å². The number of methoxy groups -OCH3 is 1. The highest BCUT2D eigenvalue weighted by molar-refractivity contribution is 7.89. The molecule has 1 aromatic rings. The summed E-state index contributed by atoms with van der Waals surface area (Å²) in [5, 5.41) is 15.7. The lowest BCUT2D eigenvalue weighted by Crippen LogP contribution is -2.37. The van der Waals surface area contributed by atoms with Gasteiger partial charge in [0.2, 0.25) is 10.0 Å². The van der Waals surface area contributed by atoms with Crippen LogP contribution in [0.15, 0.2) is 4.90 Å². The largest absolute Gasteiger partial charge is 0.390 e. The molecule has 7 nitrogen and oxygen atoms in total. The van der Waals surface area contributed by atoms with E-state index < -0.39 is 16.6 Å². The predicted molar refractivity (Wildman–Crippen MR) is 74.7 cm³/mol. The van der Waals surface area contributed by atoms with Crippen molar-refractivity contribution in [2.24, 2.45) is 5.92 Å². The van der Waals surface area contributed by atoms with Crippen LogP contribution in [0.4, 0.5) is 0 Å². The second-order valence-corrected chi connectivity index (χ2v) is 6.91. The van der Waals surface area contributed by atoms with E-state index in [1.807, 2.05) is 13.8 Å². The van der Waals surface area contributed by atoms with Crippen LogP contribution in [0.5, 0.6) is 0 Å². The van der Waals surface area contributed by atoms with Gasteiger partial charge in [0.1, 0.15) is 10.6 Å². The lowest BCUT2D eigenvalue weighted by Gasteiger charge is -2.23. The van der Waals surface area contributed by atoms with Crippen LogP contribution in [0.25, 0.3) is 0 Å². The first-order valence-electron chi connectivity index (χ1n) is 6.48. The molecule has 0 unspecified atom stereocenters. The maximum Gasteiger partial charge on any atom is 0.246 e. The number of nitrogens with one attached hydrogen (secondary N) is 1. The van der Waals surface area contributed by atoms with Gasteiger partial charge in [-0.15, -0.1) is 0 Å². The Morgan fingerprint density at radius 1 is 1.45 bits per heavy atom. The third-order valence-electron chi connectivity index (χ3n) is 2.82. The molecule has 0 aliphatic carbocycles. The summed E-state index contributed by atoms with van der Waals surface area (Å²) in [5.41, 5.74) is 0.578. The normalized spacial score (nSPS) is 12.6. The van der Waals surface area contributed by atoms with Gasteiger partial charge in [-0.2, -0.15) is 9.40 Å². The lowest BCUT2D eigenvalue weighted by molar-refractivity contribution is 0.175. The highest BCUT2D eigenvalue weighted by atomic mass is 32.2. The topological polar surface area (TPSA) is 95.5 Å². The summed E-state index contributed by atoms with van der Waals surface area (Å²) in [4.78, 5) is 0.0664. The molecule has 0 aliphatic rings. The molecular weight excluding hydrogens is 282 g/mol. The van der Waals surface area contributed by atoms with Gasteiger partial charge in [-0.05, 0) is 12.8 Å². The van der Waals surface area contributed by atoms with Crippen LogP contribution in [0, 0.1) is 12.8 Å². The molecular formula is C12H23N3O4S. The standard InChI is InChI=1S/C12H23N3O4S/c1-9(2)7-15(5-6-19-4)20(17,18)12-10(3)13-14-11(12)8-16/h9,16H,5-8H2,1-4H3,(H,13,14). The molecule has 0 amide bonds. The van der Waals surface area contributed by atoms with E-state index in [9.17, 15) is 13.5 Å². The predicted octanol–water partition coefficient (Wildman–Crippen LogP) is 0.504. The van der Waals surface area contributed by atoms with E-state index in [0.717, 1.165) is 0 Å². The molecule has 1 heterocycles. The van der Waals surface area contributed by atoms with Crippen molar-refractivity contribution in [3.05, 3.63) is 11.4 Å². The van der Waals surface area contributed by atoms with Crippen molar-refractivity contribution < 1.29 is 18.3 Å². The number of hydrogen-bond acceptors (Lipinski definition) is 5. The van der Waals surface area contributed by atoms with Gasteiger partial charge < -0.3 is 9.84 Å². The molecule has 20 heavy (non-hydrogen) atoms. The monoisotopic (exact) mass is 305 g/mol. The maximum absolute atomic E-state index is 12.7. The Bertz CT molecular complexity index is 525. The van der Waals surface area contributed by atoms with Gasteiger partial charge in [-0.3, -0.25) is 5.10 Å². The number of aromatic nitrogens is 2. The Kier molecular flexibility index (Phi) is 6.12. The quantitative estimate of drug-likeness (QED) is 0.729. The summed E-state index contributed by atoms with van der Waals surface area (Å²) < 4.78 is 31.8. The van der Waals surface area contributed by atoms with Crippen molar-refractivity contribution in [1.82, 2.24) is 14.5 Å². The number of aliphatic hydroxyl groups is 1. The Morgan fingerprint density at radius 2 is 2.10 bits per heavy atom. The number of nitrogens with zero attached hydrogens (tertiary/aromatic N) is 2. The molecule has 1 rings (SSSR count). The Balaban J connectivity index is 3.17. The van der Waals surface area contributed by atoms with Gasteiger partial charge in [-0.1, -0.05) is 13.8 Å². The number of aromatic amines is 1. The van der Waals surface area contributed by atoms with Crippen LogP contribution in [0.1, 0.15) is 25.2 Å². The van der Waals surface area contributed by atoms with E-state index in [-0.39, 0.29) is 23.1 Å². The number of H-pyrrole nitrogens is 1. The number of hydrogen-bond donors (Lipinski definition) is 2. The third kappa shape index (κ3) is 3.78. The minimum atomic E-state index is -3.70. The summed E-state index contributed by atoms with van der Waals surface area (Å²) in [6, 6.07) is 0. The molecule has 0 radical (unpaired) electrons. The van der Waals surface area contributed by atoms with Crippen LogP contribution in [0.2, 0.25) is 0 Å². The van der Waals surface area contributed by atoms with Crippen molar-refractivity contribution in [3.8, 4) is 0 Å². The Hall–Kier alpha value is -0.960. The lowest BCUT2D eigenvalue weighted by atomic mass is 10.2. The second kappa shape index (κ2) is 7.16. The fraction of sp³-hybridized carbons (Fsp3) is 0.750. The summed E-state index contributed by atoms with van der Waals surface area (Å²) in [6.45, 7) is 6.08. The zero-order valence-corrected chi connectivity index (χ0v) is 13.2. The number of ether oxygens (including phenoxy) is 1. The number of sulfonamides is 1. The Labute approximate surface area is 120 Å². The number of aliphatic hydroxyl groups excluding tert-OH is 1. The molecule has 0 aromatic carbocycles. The minimum Gasteiger partial charge on any atom is -0.390 e. The van der Waals surface area contributed by atoms with Crippen LogP contribution in [0.3, 0.4) is 0 Å². The van der Waals surface area contributed by atoms with Crippen LogP contribution in [-0.2, 0) is 21.4 Å². The number of rotatable bonds is 8. The molecule has 0 spiro atoms. The molecule has 0 saturated carbocycles. The second-order valence-electron chi connectivity index (χ2n) is 5.03. The van der Waals surface area contributed by atoms with Crippen molar-refractivity contribution >= 4 is 10.0 Å². The van der Waals surface area contributed by atoms with Gasteiger partial charge >= 0.3 is 0 Å². The van der Waals surface area contributed by atoms with Crippen molar-refractivity contribution in [2.45, 2.75) is 32.3 Å². The Morgan fingerprint density at radius 3 is 2.60 bits per heavy atom. The fourth-order valence-electron chi connectivity index (χ4n) is 1.96. The van der Waals surface area contributed by atoms with E-state index in [4.69, 9.17) is 4.74 Å². The summed E-state index contributed by atoms with van der Waals surface area (Å²) in [6.07, 6.45) is 0. The first-order chi connectivity index (χ1) is 9.34. The fourth-order valence-corrected chi connectivity index (χ4v) is 3.87. The highest BCUT2D eigenvalue weighted by Crippen LogP contribution is 2.23. The smallest absolute Gasteiger partial charge is 0.246 e. The van der Waals surface area contributed by atoms with Gasteiger partial charge in [0, 0.05) is 20.2 Å². The van der Waals surface area contributed by atoms with Crippen LogP contribution < -0.4 is 0 Å². The van der Waals surface area contributed by atoms with E-state index in [0.29, 0.717) is 18.8 Å². The van der Waals surface area contributed by atoms with Gasteiger partial charge in [0.05, 0.1) is 18.9 Å². The molecule has 0 saturated heterocycles. The van der Waals surface area contributed by atoms with Gasteiger partial charge in [0.25, 0.3) is 0 Å². The van der Waals surface area contributed by atoms with Crippen LogP contribution in [-0.4, -0.2) is 54.8 Å². The zero-order valence-electron chi connectivity index (χ0n) is 12.4. The first-order valence-corrected chi connectivity index (χ1v) is 7.92. The zero-order chi connectivity index (χ0) is 15.3. The molecule has 116 valence electrons. The molecule has 0 atom stereocenters. The van der Waals surface area contributed by atoms with Gasteiger partial charge in [0.15, 0.2) is 0 Å². The number of aryl methyl sites for hydroxylation is 1. The van der Waals surface area contributed by atoms with E-state index in [1.54, 1.807) is 6.92 Å². The average Bonchev–Trinajstić information content (AvgIpc) is 2.75. The molecule has 0 bridgehead atoms. The first kappa shape index (κ1) is 17.1. The highest BCUT2D eigenvalue weighted by Gasteiger charge is 2.30. The summed E-state index contributed by atoms with van der Waals surface area (Å²) >= 11 is 0. The van der Waals surface area contributed by atoms with Gasteiger partial charge in [-0.25, -0.2) is 8.42 Å². The van der Waals surface area contributed by atoms with Crippen molar-refractivity contribution in [2.75, 3.05) is 26.8 Å². The summed E-state index contributed by atoms with van der Waals surface area (Å²) in [7, 11) is -2.17. The van der Waals surface area contributed by atoms with Crippen molar-refractivity contribution in [1.29, 1.82) is 0 Å². The van der Waals surface area contributed by atoms with Crippen LogP contribution >= 0.6 is 0 Å². The molecule has 2 N–H and O–H groups in total. The van der Waals surface area contributed by atoms with Crippen molar-refractivity contribution in [3.63, 3.8) is 0 Å².